The SMILES string of the molecule is Fc1cc(Br)c(Cl)cc1C(Cl)c1sccc1Cl. The Labute approximate surface area is 125 Å². The monoisotopic (exact) mass is 372 g/mol. The number of thiophene rings is 1. The highest BCUT2D eigenvalue weighted by Gasteiger charge is 2.20. The van der Waals surface area contributed by atoms with Gasteiger partial charge < -0.3 is 0 Å². The number of hydrogen-bond acceptors (Lipinski definition) is 1. The summed E-state index contributed by atoms with van der Waals surface area (Å²) < 4.78 is 14.3. The first-order valence-electron chi connectivity index (χ1n) is 4.52. The summed E-state index contributed by atoms with van der Waals surface area (Å²) in [6, 6.07) is 4.54. The van der Waals surface area contributed by atoms with Crippen LogP contribution in [0, 0.1) is 5.82 Å². The van der Waals surface area contributed by atoms with E-state index >= 15 is 0 Å². The van der Waals surface area contributed by atoms with Crippen molar-refractivity contribution >= 4 is 62.1 Å². The second-order valence-electron chi connectivity index (χ2n) is 3.28. The van der Waals surface area contributed by atoms with Crippen molar-refractivity contribution in [2.45, 2.75) is 5.38 Å². The van der Waals surface area contributed by atoms with Crippen molar-refractivity contribution < 1.29 is 4.39 Å². The Morgan fingerprint density at radius 1 is 1.24 bits per heavy atom. The Morgan fingerprint density at radius 2 is 1.94 bits per heavy atom. The molecule has 1 atom stereocenters. The summed E-state index contributed by atoms with van der Waals surface area (Å²) in [5.74, 6) is -0.411. The highest BCUT2D eigenvalue weighted by molar-refractivity contribution is 9.10. The van der Waals surface area contributed by atoms with Crippen LogP contribution in [0.2, 0.25) is 10.0 Å². The van der Waals surface area contributed by atoms with Crippen molar-refractivity contribution in [3.05, 3.63) is 54.4 Å². The molecule has 1 heterocycles. The van der Waals surface area contributed by atoms with Crippen LogP contribution < -0.4 is 0 Å². The lowest BCUT2D eigenvalue weighted by molar-refractivity contribution is 0.612. The van der Waals surface area contributed by atoms with E-state index in [-0.39, 0.29) is 0 Å². The van der Waals surface area contributed by atoms with E-state index < -0.39 is 11.2 Å². The van der Waals surface area contributed by atoms with Crippen LogP contribution in [-0.2, 0) is 0 Å². The highest BCUT2D eigenvalue weighted by Crippen LogP contribution is 2.40. The Morgan fingerprint density at radius 3 is 2.53 bits per heavy atom. The normalized spacial score (nSPS) is 12.8. The fraction of sp³-hybridized carbons (Fsp3) is 0.0909. The Kier molecular flexibility index (Phi) is 4.37. The van der Waals surface area contributed by atoms with Gasteiger partial charge >= 0.3 is 0 Å². The quantitative estimate of drug-likeness (QED) is 0.428. The van der Waals surface area contributed by atoms with Gasteiger partial charge in [0.15, 0.2) is 0 Å². The van der Waals surface area contributed by atoms with Crippen molar-refractivity contribution in [1.29, 1.82) is 0 Å². The van der Waals surface area contributed by atoms with Crippen molar-refractivity contribution in [2.24, 2.45) is 0 Å². The maximum atomic E-state index is 13.8. The van der Waals surface area contributed by atoms with Gasteiger partial charge in [-0.15, -0.1) is 22.9 Å². The van der Waals surface area contributed by atoms with Gasteiger partial charge in [0.1, 0.15) is 5.82 Å². The first-order chi connectivity index (χ1) is 8.00. The zero-order valence-corrected chi connectivity index (χ0v) is 12.9. The van der Waals surface area contributed by atoms with E-state index in [9.17, 15) is 4.39 Å². The Balaban J connectivity index is 2.48. The van der Waals surface area contributed by atoms with Crippen molar-refractivity contribution in [2.75, 3.05) is 0 Å². The smallest absolute Gasteiger partial charge is 0.129 e. The van der Waals surface area contributed by atoms with Gasteiger partial charge in [0.05, 0.1) is 15.4 Å². The van der Waals surface area contributed by atoms with Gasteiger partial charge in [-0.3, -0.25) is 0 Å². The van der Waals surface area contributed by atoms with E-state index in [0.29, 0.717) is 25.0 Å². The average Bonchev–Trinajstić information content (AvgIpc) is 2.69. The van der Waals surface area contributed by atoms with Crippen molar-refractivity contribution in [3.8, 4) is 0 Å². The van der Waals surface area contributed by atoms with E-state index in [1.54, 1.807) is 6.07 Å². The fourth-order valence-electron chi connectivity index (χ4n) is 1.36. The average molecular weight is 374 g/mol. The zero-order valence-electron chi connectivity index (χ0n) is 8.18. The fourth-order valence-corrected chi connectivity index (χ4v) is 3.50. The Hall–Kier alpha value is 0.200. The molecule has 0 fully saturated rings. The van der Waals surface area contributed by atoms with E-state index in [1.165, 1.54) is 23.5 Å². The molecule has 0 aliphatic heterocycles. The molecular weight excluding hydrogens is 369 g/mol. The molecule has 1 aromatic carbocycles. The molecule has 0 aliphatic rings. The highest BCUT2D eigenvalue weighted by atomic mass is 79.9. The summed E-state index contributed by atoms with van der Waals surface area (Å²) in [7, 11) is 0. The molecule has 17 heavy (non-hydrogen) atoms. The molecular formula is C11H5BrCl3FS. The maximum absolute atomic E-state index is 13.8. The van der Waals surface area contributed by atoms with Gasteiger partial charge in [0, 0.05) is 14.9 Å². The molecule has 0 amide bonds. The number of halogens is 5. The predicted molar refractivity (Wildman–Crippen MR) is 76.1 cm³/mol. The second kappa shape index (κ2) is 5.45. The topological polar surface area (TPSA) is 0 Å². The molecule has 6 heteroatoms. The van der Waals surface area contributed by atoms with Crippen LogP contribution in [-0.4, -0.2) is 0 Å². The van der Waals surface area contributed by atoms with Crippen LogP contribution in [0.1, 0.15) is 15.8 Å². The van der Waals surface area contributed by atoms with E-state index in [0.717, 1.165) is 0 Å². The third kappa shape index (κ3) is 2.79. The second-order valence-corrected chi connectivity index (χ2v) is 6.34. The van der Waals surface area contributed by atoms with Crippen LogP contribution >= 0.6 is 62.1 Å². The van der Waals surface area contributed by atoms with Crippen molar-refractivity contribution in [3.63, 3.8) is 0 Å². The molecule has 0 N–H and O–H groups in total. The van der Waals surface area contributed by atoms with Gasteiger partial charge in [-0.1, -0.05) is 23.2 Å². The first kappa shape index (κ1) is 13.6. The van der Waals surface area contributed by atoms with Gasteiger partial charge in [0.25, 0.3) is 0 Å². The van der Waals surface area contributed by atoms with Crippen LogP contribution in [0.25, 0.3) is 0 Å². The molecule has 0 nitrogen and oxygen atoms in total. The molecule has 2 aromatic rings. The van der Waals surface area contributed by atoms with Gasteiger partial charge in [0.2, 0.25) is 0 Å². The molecule has 0 saturated heterocycles. The maximum Gasteiger partial charge on any atom is 0.129 e. The number of alkyl halides is 1. The number of rotatable bonds is 2. The molecule has 0 radical (unpaired) electrons. The molecule has 2 rings (SSSR count). The molecule has 1 aromatic heterocycles. The zero-order chi connectivity index (χ0) is 12.6. The lowest BCUT2D eigenvalue weighted by Gasteiger charge is -2.11. The summed E-state index contributed by atoms with van der Waals surface area (Å²) in [6.45, 7) is 0. The summed E-state index contributed by atoms with van der Waals surface area (Å²) in [5, 5.41) is 2.13. The number of benzene rings is 1. The van der Waals surface area contributed by atoms with Gasteiger partial charge in [-0.25, -0.2) is 4.39 Å². The minimum absolute atomic E-state index is 0.323. The van der Waals surface area contributed by atoms with E-state index in [4.69, 9.17) is 34.8 Å². The summed E-state index contributed by atoms with van der Waals surface area (Å²) in [5.41, 5.74) is 0.323. The van der Waals surface area contributed by atoms with Crippen LogP contribution in [0.15, 0.2) is 28.1 Å². The standard InChI is InChI=1S/C11H5BrCl3FS/c12-6-4-9(16)5(3-8(6)14)10(15)11-7(13)1-2-17-11/h1-4,10H. The molecule has 0 bridgehead atoms. The molecule has 1 unspecified atom stereocenters. The molecule has 0 aliphatic carbocycles. The minimum atomic E-state index is -0.631. The largest absolute Gasteiger partial charge is 0.207 e. The van der Waals surface area contributed by atoms with Crippen LogP contribution in [0.3, 0.4) is 0 Å². The van der Waals surface area contributed by atoms with Gasteiger partial charge in [-0.2, -0.15) is 0 Å². The van der Waals surface area contributed by atoms with E-state index in [1.807, 2.05) is 5.38 Å². The third-order valence-corrected chi connectivity index (χ3v) is 5.39. The van der Waals surface area contributed by atoms with E-state index in [2.05, 4.69) is 15.9 Å². The Bertz CT molecular complexity index is 556. The third-order valence-electron chi connectivity index (χ3n) is 2.19. The van der Waals surface area contributed by atoms with Crippen LogP contribution in [0.5, 0.6) is 0 Å². The van der Waals surface area contributed by atoms with Crippen molar-refractivity contribution in [1.82, 2.24) is 0 Å². The summed E-state index contributed by atoms with van der Waals surface area (Å²) >= 11 is 22.7. The lowest BCUT2D eigenvalue weighted by Crippen LogP contribution is -1.96. The van der Waals surface area contributed by atoms with Crippen LogP contribution in [0.4, 0.5) is 4.39 Å². The molecule has 90 valence electrons. The lowest BCUT2D eigenvalue weighted by atomic mass is 10.1. The molecule has 0 saturated carbocycles. The van der Waals surface area contributed by atoms with Gasteiger partial charge in [-0.05, 0) is 39.5 Å². The first-order valence-corrected chi connectivity index (χ1v) is 7.38. The number of hydrogen-bond donors (Lipinski definition) is 0. The molecule has 0 spiro atoms. The summed E-state index contributed by atoms with van der Waals surface area (Å²) in [4.78, 5) is 0.714. The predicted octanol–water partition coefficient (Wildman–Crippen LogP) is 6.28. The minimum Gasteiger partial charge on any atom is -0.207 e. The summed E-state index contributed by atoms with van der Waals surface area (Å²) in [6.07, 6.45) is 0.